The molecule has 0 spiro atoms. The predicted octanol–water partition coefficient (Wildman–Crippen LogP) is 4.78. The van der Waals surface area contributed by atoms with Crippen molar-refractivity contribution in [3.8, 4) is 5.75 Å². The molecule has 6 heteroatoms. The normalized spacial score (nSPS) is 16.4. The highest BCUT2D eigenvalue weighted by Crippen LogP contribution is 2.29. The van der Waals surface area contributed by atoms with Crippen molar-refractivity contribution in [2.45, 2.75) is 65.3 Å². The minimum atomic E-state index is -0.337. The number of carbonyl (C=O) groups is 1. The molecule has 0 aromatic heterocycles. The van der Waals surface area contributed by atoms with Gasteiger partial charge in [-0.1, -0.05) is 51.2 Å². The number of esters is 1. The molecular weight excluding hydrogens is 372 g/mol. The summed E-state index contributed by atoms with van der Waals surface area (Å²) in [5, 5.41) is 6.68. The van der Waals surface area contributed by atoms with E-state index in [9.17, 15) is 4.79 Å². The van der Waals surface area contributed by atoms with Crippen molar-refractivity contribution in [1.29, 1.82) is 0 Å². The summed E-state index contributed by atoms with van der Waals surface area (Å²) >= 11 is 5.27. The maximum atomic E-state index is 12.4. The number of rotatable bonds is 11. The molecule has 0 aliphatic carbocycles. The van der Waals surface area contributed by atoms with Crippen molar-refractivity contribution in [1.82, 2.24) is 10.6 Å². The molecule has 28 heavy (non-hydrogen) atoms. The third kappa shape index (κ3) is 6.51. The maximum absolute atomic E-state index is 12.4. The van der Waals surface area contributed by atoms with E-state index in [1.807, 2.05) is 31.2 Å². The second-order valence-corrected chi connectivity index (χ2v) is 7.38. The topological polar surface area (TPSA) is 59.6 Å². The summed E-state index contributed by atoms with van der Waals surface area (Å²) in [6.07, 6.45) is 7.46. The van der Waals surface area contributed by atoms with Crippen LogP contribution in [0.1, 0.15) is 70.9 Å². The molecule has 0 saturated carbocycles. The zero-order chi connectivity index (χ0) is 20.4. The van der Waals surface area contributed by atoms with E-state index in [-0.39, 0.29) is 12.0 Å². The highest BCUT2D eigenvalue weighted by molar-refractivity contribution is 7.80. The van der Waals surface area contributed by atoms with Crippen molar-refractivity contribution in [2.75, 3.05) is 13.2 Å². The summed E-state index contributed by atoms with van der Waals surface area (Å²) < 4.78 is 11.1. The first-order chi connectivity index (χ1) is 13.6. The van der Waals surface area contributed by atoms with Gasteiger partial charge in [0.05, 0.1) is 24.8 Å². The van der Waals surface area contributed by atoms with Crippen LogP contribution in [0.4, 0.5) is 0 Å². The van der Waals surface area contributed by atoms with Gasteiger partial charge in [-0.25, -0.2) is 4.79 Å². The molecule has 0 radical (unpaired) electrons. The number of carbonyl (C=O) groups excluding carboxylic acids is 1. The molecule has 2 N–H and O–H groups in total. The van der Waals surface area contributed by atoms with E-state index in [4.69, 9.17) is 21.7 Å². The van der Waals surface area contributed by atoms with Crippen LogP contribution in [0.5, 0.6) is 5.75 Å². The lowest BCUT2D eigenvalue weighted by atomic mass is 9.95. The molecule has 1 aliphatic heterocycles. The molecule has 0 fully saturated rings. The Morgan fingerprint density at radius 1 is 1.07 bits per heavy atom. The van der Waals surface area contributed by atoms with E-state index < -0.39 is 0 Å². The van der Waals surface area contributed by atoms with Crippen LogP contribution >= 0.6 is 12.2 Å². The molecule has 154 valence electrons. The smallest absolute Gasteiger partial charge is 0.338 e. The second-order valence-electron chi connectivity index (χ2n) is 6.98. The van der Waals surface area contributed by atoms with E-state index in [0.29, 0.717) is 17.3 Å². The molecule has 0 unspecified atom stereocenters. The number of allylic oxidation sites excluding steroid dienone is 1. The molecule has 0 amide bonds. The third-order valence-electron chi connectivity index (χ3n) is 4.74. The molecule has 1 aromatic carbocycles. The van der Waals surface area contributed by atoms with E-state index in [1.54, 1.807) is 6.92 Å². The van der Waals surface area contributed by atoms with Crippen molar-refractivity contribution >= 4 is 23.3 Å². The van der Waals surface area contributed by atoms with E-state index in [2.05, 4.69) is 17.6 Å². The number of nitrogens with one attached hydrogen (secondary N) is 2. The summed E-state index contributed by atoms with van der Waals surface area (Å²) in [7, 11) is 0. The van der Waals surface area contributed by atoms with Crippen LogP contribution in [0.25, 0.3) is 0 Å². The van der Waals surface area contributed by atoms with Gasteiger partial charge in [0.1, 0.15) is 5.75 Å². The largest absolute Gasteiger partial charge is 0.494 e. The lowest BCUT2D eigenvalue weighted by Gasteiger charge is -2.29. The minimum Gasteiger partial charge on any atom is -0.494 e. The Balaban J connectivity index is 1.96. The first-order valence-corrected chi connectivity index (χ1v) is 10.7. The van der Waals surface area contributed by atoms with Crippen LogP contribution in [-0.4, -0.2) is 24.3 Å². The minimum absolute atomic E-state index is 0.331. The summed E-state index contributed by atoms with van der Waals surface area (Å²) in [6, 6.07) is 7.48. The number of hydrogen-bond acceptors (Lipinski definition) is 4. The van der Waals surface area contributed by atoms with Crippen molar-refractivity contribution < 1.29 is 14.3 Å². The maximum Gasteiger partial charge on any atom is 0.338 e. The Morgan fingerprint density at radius 3 is 2.43 bits per heavy atom. The fourth-order valence-corrected chi connectivity index (χ4v) is 3.52. The lowest BCUT2D eigenvalue weighted by Crippen LogP contribution is -2.45. The Labute approximate surface area is 173 Å². The van der Waals surface area contributed by atoms with Gasteiger partial charge in [-0.3, -0.25) is 0 Å². The average Bonchev–Trinajstić information content (AvgIpc) is 2.67. The Hall–Kier alpha value is -2.08. The molecule has 0 saturated heterocycles. The summed E-state index contributed by atoms with van der Waals surface area (Å²) in [4.78, 5) is 12.4. The van der Waals surface area contributed by atoms with Gasteiger partial charge in [-0.15, -0.1) is 0 Å². The van der Waals surface area contributed by atoms with E-state index in [1.165, 1.54) is 32.1 Å². The fourth-order valence-electron chi connectivity index (χ4n) is 3.25. The second kappa shape index (κ2) is 11.7. The van der Waals surface area contributed by atoms with Gasteiger partial charge < -0.3 is 20.1 Å². The van der Waals surface area contributed by atoms with Crippen LogP contribution < -0.4 is 15.4 Å². The number of thiocarbonyl (C=S) groups is 1. The number of unbranched alkanes of at least 4 members (excludes halogenated alkanes) is 5. The van der Waals surface area contributed by atoms with Crippen LogP contribution in [0.2, 0.25) is 0 Å². The van der Waals surface area contributed by atoms with Crippen LogP contribution in [0, 0.1) is 0 Å². The van der Waals surface area contributed by atoms with Crippen LogP contribution in [0.15, 0.2) is 35.5 Å². The van der Waals surface area contributed by atoms with Crippen molar-refractivity contribution in [3.05, 3.63) is 41.1 Å². The predicted molar refractivity (Wildman–Crippen MR) is 116 cm³/mol. The summed E-state index contributed by atoms with van der Waals surface area (Å²) in [5.41, 5.74) is 2.21. The zero-order valence-electron chi connectivity index (χ0n) is 17.2. The Bertz CT molecular complexity index is 686. The van der Waals surface area contributed by atoms with Crippen LogP contribution in [-0.2, 0) is 9.53 Å². The highest BCUT2D eigenvalue weighted by Gasteiger charge is 2.30. The highest BCUT2D eigenvalue weighted by atomic mass is 32.1. The third-order valence-corrected chi connectivity index (χ3v) is 4.96. The van der Waals surface area contributed by atoms with E-state index >= 15 is 0 Å². The summed E-state index contributed by atoms with van der Waals surface area (Å²) in [6.45, 7) is 6.93. The number of hydrogen-bond donors (Lipinski definition) is 2. The molecule has 1 atom stereocenters. The number of ether oxygens (including phenoxy) is 2. The average molecular weight is 405 g/mol. The lowest BCUT2D eigenvalue weighted by molar-refractivity contribution is -0.139. The van der Waals surface area contributed by atoms with Gasteiger partial charge >= 0.3 is 5.97 Å². The standard InChI is InChI=1S/C22H32N2O3S/c1-4-6-7-8-9-10-15-27-18-13-11-17(12-14-18)20-19(21(25)26-5-2)16(3)23-22(28)24-20/h11-14,20H,4-10,15H2,1-3H3,(H2,23,24,28)/t20-/m1/s1. The molecule has 2 rings (SSSR count). The molecule has 1 aromatic rings. The Morgan fingerprint density at radius 2 is 1.75 bits per heavy atom. The van der Waals surface area contributed by atoms with Crippen molar-refractivity contribution in [3.63, 3.8) is 0 Å². The van der Waals surface area contributed by atoms with Gasteiger partial charge in [0.25, 0.3) is 0 Å². The van der Waals surface area contributed by atoms with Gasteiger partial charge in [-0.2, -0.15) is 0 Å². The quantitative estimate of drug-likeness (QED) is 0.314. The number of benzene rings is 1. The first-order valence-electron chi connectivity index (χ1n) is 10.2. The first kappa shape index (κ1) is 22.2. The zero-order valence-corrected chi connectivity index (χ0v) is 18.0. The van der Waals surface area contributed by atoms with Gasteiger partial charge in [0.2, 0.25) is 0 Å². The molecule has 1 aliphatic rings. The molecule has 0 bridgehead atoms. The monoisotopic (exact) mass is 404 g/mol. The molecule has 5 nitrogen and oxygen atoms in total. The molecular formula is C22H32N2O3S. The Kier molecular flexibility index (Phi) is 9.28. The molecule has 1 heterocycles. The van der Waals surface area contributed by atoms with Gasteiger partial charge in [0, 0.05) is 5.70 Å². The van der Waals surface area contributed by atoms with Gasteiger partial charge in [-0.05, 0) is 50.2 Å². The SMILES string of the molecule is CCCCCCCCOc1ccc([C@H]2NC(=S)NC(C)=C2C(=O)OCC)cc1. The summed E-state index contributed by atoms with van der Waals surface area (Å²) in [5.74, 6) is 0.503. The van der Waals surface area contributed by atoms with Crippen LogP contribution in [0.3, 0.4) is 0 Å². The van der Waals surface area contributed by atoms with Gasteiger partial charge in [0.15, 0.2) is 5.11 Å². The fraction of sp³-hybridized carbons (Fsp3) is 0.545. The van der Waals surface area contributed by atoms with E-state index in [0.717, 1.165) is 30.0 Å². The van der Waals surface area contributed by atoms with Crippen molar-refractivity contribution in [2.24, 2.45) is 0 Å².